The molecule has 0 saturated carbocycles. The lowest BCUT2D eigenvalue weighted by Gasteiger charge is -2.15. The maximum absolute atomic E-state index is 12.5. The van der Waals surface area contributed by atoms with Crippen molar-refractivity contribution in [2.75, 3.05) is 13.7 Å². The third-order valence-corrected chi connectivity index (χ3v) is 2.19. The number of methoxy groups -OCH3 is 1. The first-order chi connectivity index (χ1) is 7.67. The molecular weight excluding hydrogens is 211 g/mol. The molecule has 1 heterocycles. The van der Waals surface area contributed by atoms with Crippen molar-refractivity contribution < 1.29 is 13.9 Å². The molecule has 0 aliphatic carbocycles. The number of pyridine rings is 1. The first-order valence-corrected chi connectivity index (χ1v) is 5.08. The molecular formula is C11H15FN2O2. The Bertz CT molecular complexity index is 340. The predicted molar refractivity (Wildman–Crippen MR) is 57.6 cm³/mol. The highest BCUT2D eigenvalue weighted by Gasteiger charge is 2.12. The number of hydrogen-bond acceptors (Lipinski definition) is 3. The zero-order valence-corrected chi connectivity index (χ0v) is 9.37. The number of rotatable bonds is 5. The van der Waals surface area contributed by atoms with Crippen LogP contribution in [0.5, 0.6) is 0 Å². The summed E-state index contributed by atoms with van der Waals surface area (Å²) < 4.78 is 17.5. The fourth-order valence-electron chi connectivity index (χ4n) is 1.24. The number of hydrogen-bond donors (Lipinski definition) is 1. The standard InChI is InChI=1S/C11H15FN2O2/c1-3-9(7-16-2)14-11(15)8-4-5-10(12)13-6-8/h4-6,9H,3,7H2,1-2H3,(H,14,15). The van der Waals surface area contributed by atoms with Gasteiger partial charge in [-0.3, -0.25) is 4.79 Å². The molecule has 0 bridgehead atoms. The van der Waals surface area contributed by atoms with Gasteiger partial charge in [0.15, 0.2) is 0 Å². The van der Waals surface area contributed by atoms with Gasteiger partial charge in [0.25, 0.3) is 5.91 Å². The van der Waals surface area contributed by atoms with Gasteiger partial charge in [0.1, 0.15) is 0 Å². The Morgan fingerprint density at radius 1 is 1.62 bits per heavy atom. The van der Waals surface area contributed by atoms with Crippen molar-refractivity contribution in [3.05, 3.63) is 29.8 Å². The molecule has 1 amide bonds. The van der Waals surface area contributed by atoms with Gasteiger partial charge in [-0.15, -0.1) is 0 Å². The first kappa shape index (κ1) is 12.6. The van der Waals surface area contributed by atoms with Gasteiger partial charge < -0.3 is 10.1 Å². The van der Waals surface area contributed by atoms with Crippen LogP contribution in [0.15, 0.2) is 18.3 Å². The fraction of sp³-hybridized carbons (Fsp3) is 0.455. The second-order valence-corrected chi connectivity index (χ2v) is 3.40. The van der Waals surface area contributed by atoms with Crippen LogP contribution in [0, 0.1) is 5.95 Å². The lowest BCUT2D eigenvalue weighted by molar-refractivity contribution is 0.0894. The Morgan fingerprint density at radius 2 is 2.38 bits per heavy atom. The topological polar surface area (TPSA) is 51.2 Å². The summed E-state index contributed by atoms with van der Waals surface area (Å²) in [5, 5.41) is 2.78. The van der Waals surface area contributed by atoms with Crippen LogP contribution in [-0.2, 0) is 4.74 Å². The molecule has 1 rings (SSSR count). The molecule has 0 fully saturated rings. The average molecular weight is 226 g/mol. The molecule has 0 saturated heterocycles. The minimum atomic E-state index is -0.597. The number of ether oxygens (including phenoxy) is 1. The summed E-state index contributed by atoms with van der Waals surface area (Å²) >= 11 is 0. The molecule has 1 N–H and O–H groups in total. The largest absolute Gasteiger partial charge is 0.383 e. The predicted octanol–water partition coefficient (Wildman–Crippen LogP) is 1.38. The summed E-state index contributed by atoms with van der Waals surface area (Å²) in [4.78, 5) is 15.1. The van der Waals surface area contributed by atoms with Crippen molar-refractivity contribution in [3.63, 3.8) is 0 Å². The monoisotopic (exact) mass is 226 g/mol. The third kappa shape index (κ3) is 3.58. The smallest absolute Gasteiger partial charge is 0.253 e. The summed E-state index contributed by atoms with van der Waals surface area (Å²) in [6.07, 6.45) is 1.98. The van der Waals surface area contributed by atoms with E-state index >= 15 is 0 Å². The maximum atomic E-state index is 12.5. The van der Waals surface area contributed by atoms with E-state index in [-0.39, 0.29) is 11.9 Å². The van der Waals surface area contributed by atoms with Gasteiger partial charge in [-0.1, -0.05) is 6.92 Å². The maximum Gasteiger partial charge on any atom is 0.253 e. The second kappa shape index (κ2) is 6.17. The highest BCUT2D eigenvalue weighted by atomic mass is 19.1. The quantitative estimate of drug-likeness (QED) is 0.771. The van der Waals surface area contributed by atoms with Crippen LogP contribution in [-0.4, -0.2) is 30.6 Å². The summed E-state index contributed by atoms with van der Waals surface area (Å²) in [5.41, 5.74) is 0.343. The van der Waals surface area contributed by atoms with Crippen LogP contribution < -0.4 is 5.32 Å². The number of nitrogens with one attached hydrogen (secondary N) is 1. The third-order valence-electron chi connectivity index (χ3n) is 2.19. The van der Waals surface area contributed by atoms with Crippen LogP contribution in [0.1, 0.15) is 23.7 Å². The molecule has 0 aliphatic heterocycles. The molecule has 0 radical (unpaired) electrons. The van der Waals surface area contributed by atoms with Crippen LogP contribution in [0.25, 0.3) is 0 Å². The minimum absolute atomic E-state index is 0.0393. The molecule has 1 aromatic rings. The van der Waals surface area contributed by atoms with E-state index in [1.54, 1.807) is 7.11 Å². The summed E-state index contributed by atoms with van der Waals surface area (Å²) in [6.45, 7) is 2.41. The van der Waals surface area contributed by atoms with Crippen molar-refractivity contribution in [3.8, 4) is 0 Å². The zero-order valence-electron chi connectivity index (χ0n) is 9.37. The normalized spacial score (nSPS) is 12.2. The van der Waals surface area contributed by atoms with Crippen LogP contribution in [0.4, 0.5) is 4.39 Å². The Morgan fingerprint density at radius 3 is 2.88 bits per heavy atom. The summed E-state index contributed by atoms with van der Waals surface area (Å²) in [5.74, 6) is -0.864. The average Bonchev–Trinajstić information content (AvgIpc) is 2.29. The lowest BCUT2D eigenvalue weighted by Crippen LogP contribution is -2.37. The summed E-state index contributed by atoms with van der Waals surface area (Å²) in [7, 11) is 1.58. The number of aromatic nitrogens is 1. The molecule has 16 heavy (non-hydrogen) atoms. The van der Waals surface area contributed by atoms with Crippen molar-refractivity contribution in [2.45, 2.75) is 19.4 Å². The van der Waals surface area contributed by atoms with Crippen LogP contribution in [0.3, 0.4) is 0 Å². The van der Waals surface area contributed by atoms with E-state index in [9.17, 15) is 9.18 Å². The van der Waals surface area contributed by atoms with Gasteiger partial charge in [0.2, 0.25) is 5.95 Å². The Labute approximate surface area is 93.8 Å². The summed E-state index contributed by atoms with van der Waals surface area (Å²) in [6, 6.07) is 2.52. The molecule has 1 aromatic heterocycles. The molecule has 0 aromatic carbocycles. The molecule has 88 valence electrons. The second-order valence-electron chi connectivity index (χ2n) is 3.40. The Kier molecular flexibility index (Phi) is 4.85. The molecule has 1 unspecified atom stereocenters. The number of carbonyl (C=O) groups excluding carboxylic acids is 1. The molecule has 4 nitrogen and oxygen atoms in total. The molecule has 0 spiro atoms. The SMILES string of the molecule is CCC(COC)NC(=O)c1ccc(F)nc1. The first-order valence-electron chi connectivity index (χ1n) is 5.08. The van der Waals surface area contributed by atoms with E-state index in [4.69, 9.17) is 4.74 Å². The van der Waals surface area contributed by atoms with E-state index < -0.39 is 5.95 Å². The number of carbonyl (C=O) groups is 1. The molecule has 0 aliphatic rings. The molecule has 5 heteroatoms. The van der Waals surface area contributed by atoms with Crippen LogP contribution in [0.2, 0.25) is 0 Å². The molecule has 1 atom stereocenters. The van der Waals surface area contributed by atoms with Crippen molar-refractivity contribution in [1.82, 2.24) is 10.3 Å². The van der Waals surface area contributed by atoms with Crippen molar-refractivity contribution >= 4 is 5.91 Å². The Hall–Kier alpha value is -1.49. The van der Waals surface area contributed by atoms with Crippen molar-refractivity contribution in [2.24, 2.45) is 0 Å². The zero-order chi connectivity index (χ0) is 12.0. The van der Waals surface area contributed by atoms with E-state index in [1.807, 2.05) is 6.92 Å². The van der Waals surface area contributed by atoms with E-state index in [0.717, 1.165) is 12.5 Å². The lowest BCUT2D eigenvalue weighted by atomic mass is 10.2. The minimum Gasteiger partial charge on any atom is -0.383 e. The highest BCUT2D eigenvalue weighted by molar-refractivity contribution is 5.94. The van der Waals surface area contributed by atoms with Crippen molar-refractivity contribution in [1.29, 1.82) is 0 Å². The fourth-order valence-corrected chi connectivity index (χ4v) is 1.24. The van der Waals surface area contributed by atoms with E-state index in [1.165, 1.54) is 12.3 Å². The van der Waals surface area contributed by atoms with E-state index in [0.29, 0.717) is 12.2 Å². The Balaban J connectivity index is 2.60. The van der Waals surface area contributed by atoms with Gasteiger partial charge in [-0.2, -0.15) is 4.39 Å². The number of amides is 1. The van der Waals surface area contributed by atoms with E-state index in [2.05, 4.69) is 10.3 Å². The van der Waals surface area contributed by atoms with Crippen LogP contribution >= 0.6 is 0 Å². The van der Waals surface area contributed by atoms with Gasteiger partial charge in [-0.05, 0) is 18.6 Å². The van der Waals surface area contributed by atoms with Gasteiger partial charge in [-0.25, -0.2) is 4.98 Å². The van der Waals surface area contributed by atoms with Gasteiger partial charge in [0.05, 0.1) is 18.2 Å². The van der Waals surface area contributed by atoms with Gasteiger partial charge in [0, 0.05) is 13.3 Å². The number of halogens is 1. The number of nitrogens with zero attached hydrogens (tertiary/aromatic N) is 1. The van der Waals surface area contributed by atoms with Gasteiger partial charge >= 0.3 is 0 Å². The highest BCUT2D eigenvalue weighted by Crippen LogP contribution is 2.01.